The molecule has 16 heavy (non-hydrogen) atoms. The molecule has 1 rings (SSSR count). The van der Waals surface area contributed by atoms with Crippen molar-refractivity contribution in [3.63, 3.8) is 0 Å². The Morgan fingerprint density at radius 2 is 2.12 bits per heavy atom. The highest BCUT2D eigenvalue weighted by atomic mass is 16.7. The molecule has 94 valence electrons. The van der Waals surface area contributed by atoms with E-state index in [1.54, 1.807) is 0 Å². The molecule has 0 aliphatic heterocycles. The van der Waals surface area contributed by atoms with Gasteiger partial charge in [0.2, 0.25) is 0 Å². The van der Waals surface area contributed by atoms with Crippen molar-refractivity contribution in [2.24, 2.45) is 5.92 Å². The van der Waals surface area contributed by atoms with E-state index in [2.05, 4.69) is 5.48 Å². The molecule has 2 N–H and O–H groups in total. The van der Waals surface area contributed by atoms with E-state index < -0.39 is 0 Å². The molecule has 1 unspecified atom stereocenters. The van der Waals surface area contributed by atoms with E-state index in [9.17, 15) is 9.90 Å². The Kier molecular flexibility index (Phi) is 4.74. The van der Waals surface area contributed by atoms with E-state index in [1.807, 2.05) is 20.8 Å². The average Bonchev–Trinajstić information content (AvgIpc) is 2.14. The van der Waals surface area contributed by atoms with Crippen molar-refractivity contribution in [1.29, 1.82) is 0 Å². The fraction of sp³-hybridized carbons (Fsp3) is 0.917. The van der Waals surface area contributed by atoms with Crippen molar-refractivity contribution in [3.05, 3.63) is 0 Å². The Balaban J connectivity index is 2.23. The van der Waals surface area contributed by atoms with Gasteiger partial charge in [-0.1, -0.05) is 6.42 Å². The van der Waals surface area contributed by atoms with Gasteiger partial charge in [0.15, 0.2) is 0 Å². The summed E-state index contributed by atoms with van der Waals surface area (Å²) in [6, 6.07) is 0. The summed E-state index contributed by atoms with van der Waals surface area (Å²) in [4.78, 5) is 16.5. The van der Waals surface area contributed by atoms with Crippen molar-refractivity contribution in [2.45, 2.75) is 64.5 Å². The summed E-state index contributed by atoms with van der Waals surface area (Å²) in [5.74, 6) is 0.0482. The molecule has 0 aromatic heterocycles. The van der Waals surface area contributed by atoms with Gasteiger partial charge in [-0.25, -0.2) is 0 Å². The molecule has 4 heteroatoms. The van der Waals surface area contributed by atoms with Crippen molar-refractivity contribution in [2.75, 3.05) is 0 Å². The first-order valence-corrected chi connectivity index (χ1v) is 6.02. The standard InChI is InChI=1S/C12H23NO3/c1-12(2,3)13-16-11(15)8-9-5-4-6-10(14)7-9/h9-10,13-14H,4-8H2,1-3H3/t9-,10?/m0/s1. The minimum atomic E-state index is -0.234. The third kappa shape index (κ3) is 5.47. The highest BCUT2D eigenvalue weighted by molar-refractivity contribution is 5.69. The van der Waals surface area contributed by atoms with E-state index in [4.69, 9.17) is 4.84 Å². The van der Waals surface area contributed by atoms with Crippen LogP contribution < -0.4 is 5.48 Å². The fourth-order valence-electron chi connectivity index (χ4n) is 1.94. The van der Waals surface area contributed by atoms with Gasteiger partial charge in [-0.3, -0.25) is 4.79 Å². The molecule has 0 aromatic carbocycles. The van der Waals surface area contributed by atoms with Crippen LogP contribution in [0.3, 0.4) is 0 Å². The summed E-state index contributed by atoms with van der Waals surface area (Å²) in [7, 11) is 0. The normalized spacial score (nSPS) is 26.5. The average molecular weight is 229 g/mol. The van der Waals surface area contributed by atoms with Gasteiger partial charge in [0.1, 0.15) is 0 Å². The Morgan fingerprint density at radius 3 is 2.69 bits per heavy atom. The Labute approximate surface area is 97.3 Å². The molecule has 4 nitrogen and oxygen atoms in total. The van der Waals surface area contributed by atoms with Crippen molar-refractivity contribution < 1.29 is 14.7 Å². The van der Waals surface area contributed by atoms with Gasteiger partial charge in [-0.2, -0.15) is 0 Å². The maximum absolute atomic E-state index is 11.5. The van der Waals surface area contributed by atoms with Crippen LogP contribution in [0, 0.1) is 5.92 Å². The molecule has 0 aromatic rings. The lowest BCUT2D eigenvalue weighted by molar-refractivity contribution is -0.156. The van der Waals surface area contributed by atoms with Crippen LogP contribution in [0.25, 0.3) is 0 Å². The minimum absolute atomic E-state index is 0.220. The second kappa shape index (κ2) is 5.64. The van der Waals surface area contributed by atoms with E-state index in [0.29, 0.717) is 6.42 Å². The van der Waals surface area contributed by atoms with Crippen LogP contribution in [-0.4, -0.2) is 22.7 Å². The maximum Gasteiger partial charge on any atom is 0.325 e. The van der Waals surface area contributed by atoms with Crippen LogP contribution in [0.2, 0.25) is 0 Å². The molecule has 1 fully saturated rings. The second-order valence-corrected chi connectivity index (χ2v) is 5.72. The van der Waals surface area contributed by atoms with Crippen LogP contribution >= 0.6 is 0 Å². The zero-order valence-electron chi connectivity index (χ0n) is 10.5. The first-order valence-electron chi connectivity index (χ1n) is 6.02. The highest BCUT2D eigenvalue weighted by Crippen LogP contribution is 2.26. The van der Waals surface area contributed by atoms with E-state index >= 15 is 0 Å². The summed E-state index contributed by atoms with van der Waals surface area (Å²) < 4.78 is 0. The molecule has 1 aliphatic rings. The Bertz CT molecular complexity index is 235. The van der Waals surface area contributed by atoms with Crippen LogP contribution in [0.5, 0.6) is 0 Å². The first-order chi connectivity index (χ1) is 7.37. The molecule has 0 spiro atoms. The molecule has 2 atom stereocenters. The van der Waals surface area contributed by atoms with Crippen molar-refractivity contribution in [3.8, 4) is 0 Å². The zero-order valence-corrected chi connectivity index (χ0v) is 10.5. The zero-order chi connectivity index (χ0) is 12.2. The number of rotatable bonds is 3. The van der Waals surface area contributed by atoms with Crippen LogP contribution in [0.4, 0.5) is 0 Å². The monoisotopic (exact) mass is 229 g/mol. The molecule has 0 radical (unpaired) electrons. The van der Waals surface area contributed by atoms with Crippen LogP contribution in [-0.2, 0) is 9.63 Å². The lowest BCUT2D eigenvalue weighted by atomic mass is 9.85. The van der Waals surface area contributed by atoms with Gasteiger partial charge in [-0.15, -0.1) is 5.48 Å². The Hall–Kier alpha value is -0.610. The molecule has 0 bridgehead atoms. The van der Waals surface area contributed by atoms with E-state index in [-0.39, 0.29) is 23.5 Å². The first kappa shape index (κ1) is 13.5. The number of carbonyl (C=O) groups is 1. The lowest BCUT2D eigenvalue weighted by Gasteiger charge is -2.25. The van der Waals surface area contributed by atoms with Crippen LogP contribution in [0.1, 0.15) is 52.9 Å². The topological polar surface area (TPSA) is 58.6 Å². The molecule has 1 aliphatic carbocycles. The van der Waals surface area contributed by atoms with E-state index in [0.717, 1.165) is 25.7 Å². The predicted octanol–water partition coefficient (Wildman–Crippen LogP) is 1.77. The minimum Gasteiger partial charge on any atom is -0.393 e. The number of carbonyl (C=O) groups excluding carboxylic acids is 1. The van der Waals surface area contributed by atoms with Gasteiger partial charge in [0.05, 0.1) is 12.5 Å². The lowest BCUT2D eigenvalue weighted by Crippen LogP contribution is -2.38. The molecule has 0 amide bonds. The fourth-order valence-corrected chi connectivity index (χ4v) is 1.94. The SMILES string of the molecule is CC(C)(C)NOC(=O)C[C@H]1CCCC(O)C1. The number of hydroxylamine groups is 1. The van der Waals surface area contributed by atoms with Gasteiger partial charge < -0.3 is 9.94 Å². The van der Waals surface area contributed by atoms with Crippen LogP contribution in [0.15, 0.2) is 0 Å². The van der Waals surface area contributed by atoms with Gasteiger partial charge in [-0.05, 0) is 46.0 Å². The summed E-state index contributed by atoms with van der Waals surface area (Å²) in [6.07, 6.45) is 3.78. The number of hydrogen-bond acceptors (Lipinski definition) is 4. The Morgan fingerprint density at radius 1 is 1.44 bits per heavy atom. The van der Waals surface area contributed by atoms with Crippen molar-refractivity contribution >= 4 is 5.97 Å². The number of hydrogen-bond donors (Lipinski definition) is 2. The molecular formula is C12H23NO3. The maximum atomic E-state index is 11.5. The van der Waals surface area contributed by atoms with Crippen molar-refractivity contribution in [1.82, 2.24) is 5.48 Å². The number of nitrogens with one attached hydrogen (secondary N) is 1. The number of aliphatic hydroxyl groups is 1. The predicted molar refractivity (Wildman–Crippen MR) is 61.6 cm³/mol. The third-order valence-corrected chi connectivity index (χ3v) is 2.68. The van der Waals surface area contributed by atoms with E-state index in [1.165, 1.54) is 0 Å². The smallest absolute Gasteiger partial charge is 0.325 e. The second-order valence-electron chi connectivity index (χ2n) is 5.72. The van der Waals surface area contributed by atoms with Gasteiger partial charge >= 0.3 is 5.97 Å². The number of aliphatic hydroxyl groups excluding tert-OH is 1. The summed E-state index contributed by atoms with van der Waals surface area (Å²) in [6.45, 7) is 5.81. The summed E-state index contributed by atoms with van der Waals surface area (Å²) in [5, 5.41) is 9.48. The summed E-state index contributed by atoms with van der Waals surface area (Å²) in [5.41, 5.74) is 2.49. The summed E-state index contributed by atoms with van der Waals surface area (Å²) >= 11 is 0. The highest BCUT2D eigenvalue weighted by Gasteiger charge is 2.23. The molecular weight excluding hydrogens is 206 g/mol. The quantitative estimate of drug-likeness (QED) is 0.724. The molecule has 0 saturated heterocycles. The molecule has 0 heterocycles. The van der Waals surface area contributed by atoms with Gasteiger partial charge in [0.25, 0.3) is 0 Å². The molecule has 1 saturated carbocycles. The largest absolute Gasteiger partial charge is 0.393 e. The van der Waals surface area contributed by atoms with Gasteiger partial charge in [0, 0.05) is 5.54 Å². The third-order valence-electron chi connectivity index (χ3n) is 2.68.